The molecule has 6 heteroatoms. The lowest BCUT2D eigenvalue weighted by Crippen LogP contribution is -2.30. The summed E-state index contributed by atoms with van der Waals surface area (Å²) in [7, 11) is 0. The summed E-state index contributed by atoms with van der Waals surface area (Å²) in [6, 6.07) is 0. The molecule has 0 saturated heterocycles. The van der Waals surface area contributed by atoms with Crippen LogP contribution in [0.3, 0.4) is 0 Å². The highest BCUT2D eigenvalue weighted by atomic mass is 16.6. The van der Waals surface area contributed by atoms with Crippen molar-refractivity contribution < 1.29 is 28.6 Å². The summed E-state index contributed by atoms with van der Waals surface area (Å²) in [6.45, 7) is 6.08. The predicted molar refractivity (Wildman–Crippen MR) is 292 cm³/mol. The maximum Gasteiger partial charge on any atom is 0.306 e. The fourth-order valence-electron chi connectivity index (χ4n) is 5.72. The van der Waals surface area contributed by atoms with Crippen molar-refractivity contribution in [1.29, 1.82) is 0 Å². The second-order valence-corrected chi connectivity index (χ2v) is 15.7. The van der Waals surface area contributed by atoms with E-state index in [1.165, 1.54) is 6.42 Å². The third kappa shape index (κ3) is 51.0. The van der Waals surface area contributed by atoms with Gasteiger partial charge in [0.05, 0.1) is 0 Å². The maximum atomic E-state index is 12.8. The Bertz CT molecular complexity index is 1780. The first kappa shape index (κ1) is 62.0. The summed E-state index contributed by atoms with van der Waals surface area (Å²) >= 11 is 0. The Balaban J connectivity index is 4.70. The van der Waals surface area contributed by atoms with E-state index in [1.54, 1.807) is 0 Å². The van der Waals surface area contributed by atoms with Gasteiger partial charge in [0.1, 0.15) is 13.2 Å². The van der Waals surface area contributed by atoms with Crippen LogP contribution in [-0.2, 0) is 28.6 Å². The average Bonchev–Trinajstić information content (AvgIpc) is 3.34. The molecule has 0 saturated carbocycles. The number of ether oxygens (including phenoxy) is 3. The molecule has 0 aromatic carbocycles. The summed E-state index contributed by atoms with van der Waals surface area (Å²) in [5, 5.41) is 0. The summed E-state index contributed by atoms with van der Waals surface area (Å²) in [5.41, 5.74) is 0. The van der Waals surface area contributed by atoms with E-state index in [4.69, 9.17) is 14.2 Å². The normalized spacial score (nSPS) is 13.9. The molecule has 370 valence electrons. The molecule has 0 amide bonds. The van der Waals surface area contributed by atoms with E-state index in [1.807, 2.05) is 164 Å². The standard InChI is InChI=1S/C62H86O6/c1-4-7-10-13-16-19-22-25-27-29-31-33-34-37-40-43-46-49-52-55-61(64)67-58-59(57-66-60(63)54-51-48-45-42-39-36-24-21-18-15-12-9-6-3)68-62(65)56-53-50-47-44-41-38-35-32-30-28-26-23-20-17-14-11-8-5-2/h7,9-37,39-40,42,45,59H,4-6,8,38,41,43-44,46-58H2,1-3H3/b10-7-,12-9-,14-11-,16-13-,18-15-,20-17-,22-19-,24-21-,26-23-,27-25-,30-28-,31-29+,34-33-,35-32-,39-36-,40-37-,45-42-. The number of allylic oxidation sites excluding steroid dienone is 34. The fourth-order valence-corrected chi connectivity index (χ4v) is 5.72. The highest BCUT2D eigenvalue weighted by Gasteiger charge is 2.19. The molecule has 68 heavy (non-hydrogen) atoms. The first-order valence-electron chi connectivity index (χ1n) is 25.3. The van der Waals surface area contributed by atoms with Gasteiger partial charge in [-0.1, -0.05) is 259 Å². The van der Waals surface area contributed by atoms with Crippen molar-refractivity contribution in [2.75, 3.05) is 13.2 Å². The zero-order valence-corrected chi connectivity index (χ0v) is 42.0. The van der Waals surface area contributed by atoms with Gasteiger partial charge in [-0.2, -0.15) is 0 Å². The van der Waals surface area contributed by atoms with Crippen LogP contribution in [0.25, 0.3) is 0 Å². The summed E-state index contributed by atoms with van der Waals surface area (Å²) < 4.78 is 16.7. The van der Waals surface area contributed by atoms with E-state index < -0.39 is 6.10 Å². The van der Waals surface area contributed by atoms with Crippen molar-refractivity contribution in [2.24, 2.45) is 0 Å². The molecular formula is C62H86O6. The Morgan fingerprint density at radius 2 is 0.588 bits per heavy atom. The Morgan fingerprint density at radius 1 is 0.309 bits per heavy atom. The molecule has 0 aliphatic carbocycles. The van der Waals surface area contributed by atoms with Crippen LogP contribution < -0.4 is 0 Å². The minimum atomic E-state index is -0.854. The van der Waals surface area contributed by atoms with E-state index in [2.05, 4.69) is 63.3 Å². The third-order valence-corrected chi connectivity index (χ3v) is 9.43. The van der Waals surface area contributed by atoms with E-state index in [-0.39, 0.29) is 50.4 Å². The van der Waals surface area contributed by atoms with Gasteiger partial charge in [0.2, 0.25) is 0 Å². The monoisotopic (exact) mass is 927 g/mol. The molecule has 0 N–H and O–H groups in total. The van der Waals surface area contributed by atoms with Crippen LogP contribution in [0.15, 0.2) is 207 Å². The van der Waals surface area contributed by atoms with E-state index >= 15 is 0 Å². The second kappa shape index (κ2) is 53.6. The van der Waals surface area contributed by atoms with Crippen LogP contribution >= 0.6 is 0 Å². The first-order valence-corrected chi connectivity index (χ1v) is 25.3. The molecule has 0 fully saturated rings. The van der Waals surface area contributed by atoms with Gasteiger partial charge < -0.3 is 14.2 Å². The number of esters is 3. The SMILES string of the molecule is CC\C=C/C=C\C=C/C=C\C=C/CCCC(=O)OCC(COC(=O)CCCCC\C=C/C=C\C=C\C=C/C=C\C=C/C=C\CC)OC(=O)CCCCCCC\C=C/C=C\C=C/C=C\C=C/CCC. The molecule has 0 radical (unpaired) electrons. The van der Waals surface area contributed by atoms with Crippen molar-refractivity contribution in [2.45, 2.75) is 149 Å². The van der Waals surface area contributed by atoms with Gasteiger partial charge in [0.25, 0.3) is 0 Å². The van der Waals surface area contributed by atoms with Crippen LogP contribution in [-0.4, -0.2) is 37.2 Å². The Hall–Kier alpha value is -6.01. The minimum absolute atomic E-state index is 0.149. The minimum Gasteiger partial charge on any atom is -0.462 e. The zero-order chi connectivity index (χ0) is 49.3. The molecule has 0 rings (SSSR count). The van der Waals surface area contributed by atoms with E-state index in [9.17, 15) is 14.4 Å². The molecule has 0 spiro atoms. The van der Waals surface area contributed by atoms with Crippen molar-refractivity contribution in [3.8, 4) is 0 Å². The number of hydrogen-bond acceptors (Lipinski definition) is 6. The number of carbonyl (C=O) groups is 3. The maximum absolute atomic E-state index is 12.8. The van der Waals surface area contributed by atoms with Crippen molar-refractivity contribution in [3.63, 3.8) is 0 Å². The third-order valence-electron chi connectivity index (χ3n) is 9.43. The Labute approximate surface area is 413 Å². The van der Waals surface area contributed by atoms with Crippen molar-refractivity contribution in [3.05, 3.63) is 207 Å². The predicted octanol–water partition coefficient (Wildman–Crippen LogP) is 16.9. The van der Waals surface area contributed by atoms with Gasteiger partial charge in [-0.3, -0.25) is 14.4 Å². The Kier molecular flexibility index (Phi) is 48.9. The van der Waals surface area contributed by atoms with Crippen LogP contribution in [0.5, 0.6) is 0 Å². The summed E-state index contributed by atoms with van der Waals surface area (Å²) in [4.78, 5) is 38.0. The average molecular weight is 927 g/mol. The van der Waals surface area contributed by atoms with Crippen LogP contribution in [0, 0.1) is 0 Å². The highest BCUT2D eigenvalue weighted by molar-refractivity contribution is 5.71. The molecule has 1 unspecified atom stereocenters. The Morgan fingerprint density at radius 3 is 0.971 bits per heavy atom. The number of hydrogen-bond donors (Lipinski definition) is 0. The summed E-state index contributed by atoms with van der Waals surface area (Å²) in [5.74, 6) is -1.11. The fraction of sp³-hybridized carbons (Fsp3) is 0.403. The largest absolute Gasteiger partial charge is 0.462 e. The molecular weight excluding hydrogens is 841 g/mol. The lowest BCUT2D eigenvalue weighted by atomic mass is 10.1. The molecule has 0 aliphatic rings. The van der Waals surface area contributed by atoms with Crippen LogP contribution in [0.4, 0.5) is 0 Å². The van der Waals surface area contributed by atoms with E-state index in [0.717, 1.165) is 77.0 Å². The number of rotatable bonds is 41. The van der Waals surface area contributed by atoms with Crippen molar-refractivity contribution >= 4 is 17.9 Å². The molecule has 1 atom stereocenters. The molecule has 0 aromatic heterocycles. The number of carbonyl (C=O) groups excluding carboxylic acids is 3. The lowest BCUT2D eigenvalue weighted by Gasteiger charge is -2.18. The van der Waals surface area contributed by atoms with Crippen molar-refractivity contribution in [1.82, 2.24) is 0 Å². The number of unbranched alkanes of at least 4 members (excludes halogenated alkanes) is 10. The van der Waals surface area contributed by atoms with E-state index in [0.29, 0.717) is 19.3 Å². The van der Waals surface area contributed by atoms with Gasteiger partial charge in [-0.25, -0.2) is 0 Å². The van der Waals surface area contributed by atoms with Gasteiger partial charge in [-0.05, 0) is 70.6 Å². The molecule has 0 aromatic rings. The lowest BCUT2D eigenvalue weighted by molar-refractivity contribution is -0.167. The van der Waals surface area contributed by atoms with Gasteiger partial charge >= 0.3 is 17.9 Å². The highest BCUT2D eigenvalue weighted by Crippen LogP contribution is 2.11. The smallest absolute Gasteiger partial charge is 0.306 e. The van der Waals surface area contributed by atoms with Gasteiger partial charge in [-0.15, -0.1) is 0 Å². The molecule has 6 nitrogen and oxygen atoms in total. The quantitative estimate of drug-likeness (QED) is 0.0263. The van der Waals surface area contributed by atoms with Crippen LogP contribution in [0.2, 0.25) is 0 Å². The zero-order valence-electron chi connectivity index (χ0n) is 42.0. The molecule has 0 heterocycles. The topological polar surface area (TPSA) is 78.9 Å². The van der Waals surface area contributed by atoms with Crippen LogP contribution in [0.1, 0.15) is 143 Å². The van der Waals surface area contributed by atoms with Gasteiger partial charge in [0.15, 0.2) is 6.10 Å². The second-order valence-electron chi connectivity index (χ2n) is 15.7. The summed E-state index contributed by atoms with van der Waals surface area (Å²) in [6.07, 6.45) is 83.7. The molecule has 0 bridgehead atoms. The first-order chi connectivity index (χ1) is 33.5. The molecule has 0 aliphatic heterocycles. The van der Waals surface area contributed by atoms with Gasteiger partial charge in [0, 0.05) is 19.3 Å².